The van der Waals surface area contributed by atoms with Crippen molar-refractivity contribution >= 4 is 33.0 Å². The van der Waals surface area contributed by atoms with E-state index in [4.69, 9.17) is 11.6 Å². The molecule has 0 radical (unpaired) electrons. The van der Waals surface area contributed by atoms with Crippen LogP contribution in [0.25, 0.3) is 0 Å². The minimum Gasteiger partial charge on any atom is -0.243 e. The minimum absolute atomic E-state index is 0.0556. The van der Waals surface area contributed by atoms with Crippen LogP contribution in [-0.4, -0.2) is 31.3 Å². The van der Waals surface area contributed by atoms with E-state index in [0.29, 0.717) is 18.8 Å². The third-order valence-electron chi connectivity index (χ3n) is 2.88. The van der Waals surface area contributed by atoms with Crippen LogP contribution in [0.2, 0.25) is 0 Å². The Morgan fingerprint density at radius 2 is 2.15 bits per heavy atom. The standard InChI is InChI=1S/C13H15ClN2O2S2/c1-16(7-6-12-3-2-8-19-12)20(17,18)13-5-4-11(9-14)10-15-13/h2-5,8,10H,6-7,9H2,1H3. The van der Waals surface area contributed by atoms with Gasteiger partial charge in [-0.2, -0.15) is 4.31 Å². The quantitative estimate of drug-likeness (QED) is 0.765. The number of hydrogen-bond donors (Lipinski definition) is 0. The van der Waals surface area contributed by atoms with Crippen LogP contribution >= 0.6 is 22.9 Å². The van der Waals surface area contributed by atoms with Gasteiger partial charge in [-0.15, -0.1) is 22.9 Å². The number of aromatic nitrogens is 1. The van der Waals surface area contributed by atoms with Crippen LogP contribution in [0.3, 0.4) is 0 Å². The molecule has 0 saturated heterocycles. The molecule has 0 aliphatic heterocycles. The Balaban J connectivity index is 2.07. The summed E-state index contributed by atoms with van der Waals surface area (Å²) >= 11 is 7.29. The average Bonchev–Trinajstić information content (AvgIpc) is 2.98. The van der Waals surface area contributed by atoms with E-state index in [1.165, 1.54) is 16.6 Å². The number of pyridine rings is 1. The number of halogens is 1. The maximum Gasteiger partial charge on any atom is 0.260 e. The molecule has 20 heavy (non-hydrogen) atoms. The number of likely N-dealkylation sites (N-methyl/N-ethyl adjacent to an activating group) is 1. The van der Waals surface area contributed by atoms with E-state index >= 15 is 0 Å². The topological polar surface area (TPSA) is 50.3 Å². The van der Waals surface area contributed by atoms with Gasteiger partial charge in [0.15, 0.2) is 5.03 Å². The highest BCUT2D eigenvalue weighted by Gasteiger charge is 2.21. The van der Waals surface area contributed by atoms with Gasteiger partial charge in [-0.3, -0.25) is 0 Å². The van der Waals surface area contributed by atoms with Gasteiger partial charge in [0.2, 0.25) is 0 Å². The smallest absolute Gasteiger partial charge is 0.243 e. The number of rotatable bonds is 6. The molecule has 0 N–H and O–H groups in total. The summed E-state index contributed by atoms with van der Waals surface area (Å²) in [6.45, 7) is 0.432. The van der Waals surface area contributed by atoms with Crippen LogP contribution < -0.4 is 0 Å². The van der Waals surface area contributed by atoms with Crippen LogP contribution in [0.5, 0.6) is 0 Å². The van der Waals surface area contributed by atoms with Gasteiger partial charge in [0.25, 0.3) is 10.0 Å². The second-order valence-corrected chi connectivity index (χ2v) is 7.59. The van der Waals surface area contributed by atoms with Crippen LogP contribution in [-0.2, 0) is 22.3 Å². The van der Waals surface area contributed by atoms with Crippen molar-refractivity contribution in [2.45, 2.75) is 17.3 Å². The number of alkyl halides is 1. The molecule has 2 aromatic heterocycles. The molecule has 0 aromatic carbocycles. The lowest BCUT2D eigenvalue weighted by atomic mass is 10.3. The molecule has 108 valence electrons. The van der Waals surface area contributed by atoms with E-state index in [-0.39, 0.29) is 5.03 Å². The van der Waals surface area contributed by atoms with Crippen LogP contribution in [0, 0.1) is 0 Å². The van der Waals surface area contributed by atoms with Gasteiger partial charge in [-0.05, 0) is 29.5 Å². The Hall–Kier alpha value is -0.950. The van der Waals surface area contributed by atoms with Crippen LogP contribution in [0.1, 0.15) is 10.4 Å². The maximum atomic E-state index is 12.3. The van der Waals surface area contributed by atoms with Crippen LogP contribution in [0.15, 0.2) is 40.9 Å². The van der Waals surface area contributed by atoms with Gasteiger partial charge in [-0.25, -0.2) is 13.4 Å². The first-order valence-corrected chi connectivity index (χ1v) is 8.89. The molecule has 7 heteroatoms. The number of nitrogens with zero attached hydrogens (tertiary/aromatic N) is 2. The van der Waals surface area contributed by atoms with Gasteiger partial charge in [0.05, 0.1) is 0 Å². The fraction of sp³-hybridized carbons (Fsp3) is 0.308. The third-order valence-corrected chi connectivity index (χ3v) is 5.90. The molecule has 0 amide bonds. The molecule has 2 heterocycles. The van der Waals surface area contributed by atoms with Crippen molar-refractivity contribution in [1.82, 2.24) is 9.29 Å². The van der Waals surface area contributed by atoms with Crippen molar-refractivity contribution < 1.29 is 8.42 Å². The van der Waals surface area contributed by atoms with E-state index in [2.05, 4.69) is 4.98 Å². The zero-order valence-electron chi connectivity index (χ0n) is 11.0. The Bertz CT molecular complexity index is 640. The molecule has 2 rings (SSSR count). The largest absolute Gasteiger partial charge is 0.260 e. The van der Waals surface area contributed by atoms with E-state index in [1.807, 2.05) is 17.5 Å². The van der Waals surface area contributed by atoms with Gasteiger partial charge in [-0.1, -0.05) is 12.1 Å². The third kappa shape index (κ3) is 3.58. The molecule has 0 unspecified atom stereocenters. The lowest BCUT2D eigenvalue weighted by molar-refractivity contribution is 0.470. The SMILES string of the molecule is CN(CCc1cccs1)S(=O)(=O)c1ccc(CCl)cn1. The first-order valence-electron chi connectivity index (χ1n) is 6.03. The lowest BCUT2D eigenvalue weighted by Gasteiger charge is -2.16. The van der Waals surface area contributed by atoms with Crippen molar-refractivity contribution in [2.75, 3.05) is 13.6 Å². The van der Waals surface area contributed by atoms with Crippen molar-refractivity contribution in [1.29, 1.82) is 0 Å². The first kappa shape index (κ1) is 15.4. The van der Waals surface area contributed by atoms with E-state index < -0.39 is 10.0 Å². The Kier molecular flexibility index (Phi) is 5.15. The highest BCUT2D eigenvalue weighted by atomic mass is 35.5. The second-order valence-electron chi connectivity index (χ2n) is 4.29. The summed E-state index contributed by atoms with van der Waals surface area (Å²) in [6.07, 6.45) is 2.19. The van der Waals surface area contributed by atoms with E-state index in [1.54, 1.807) is 24.5 Å². The fourth-order valence-electron chi connectivity index (χ4n) is 1.64. The van der Waals surface area contributed by atoms with Gasteiger partial charge in [0.1, 0.15) is 0 Å². The molecule has 0 bridgehead atoms. The summed E-state index contributed by atoms with van der Waals surface area (Å²) in [5.74, 6) is 0.321. The Morgan fingerprint density at radius 1 is 1.35 bits per heavy atom. The number of sulfonamides is 1. The van der Waals surface area contributed by atoms with Crippen molar-refractivity contribution in [3.8, 4) is 0 Å². The molecule has 0 aliphatic carbocycles. The number of hydrogen-bond acceptors (Lipinski definition) is 4. The molecule has 0 aliphatic rings. The summed E-state index contributed by atoms with van der Waals surface area (Å²) in [5.41, 5.74) is 0.798. The molecule has 0 fully saturated rings. The molecule has 2 aromatic rings. The molecule has 0 spiro atoms. The fourth-order valence-corrected chi connectivity index (χ4v) is 3.58. The van der Waals surface area contributed by atoms with Crippen molar-refractivity contribution in [3.05, 3.63) is 46.3 Å². The van der Waals surface area contributed by atoms with Gasteiger partial charge < -0.3 is 0 Å². The Labute approximate surface area is 128 Å². The molecule has 4 nitrogen and oxygen atoms in total. The summed E-state index contributed by atoms with van der Waals surface area (Å²) < 4.78 is 26.0. The van der Waals surface area contributed by atoms with Crippen LogP contribution in [0.4, 0.5) is 0 Å². The van der Waals surface area contributed by atoms with E-state index in [0.717, 1.165) is 10.4 Å². The monoisotopic (exact) mass is 330 g/mol. The van der Waals surface area contributed by atoms with Gasteiger partial charge in [0, 0.05) is 30.5 Å². The Morgan fingerprint density at radius 3 is 2.70 bits per heavy atom. The zero-order valence-corrected chi connectivity index (χ0v) is 13.4. The average molecular weight is 331 g/mol. The molecule has 0 saturated carbocycles. The number of thiophene rings is 1. The highest BCUT2D eigenvalue weighted by Crippen LogP contribution is 2.15. The summed E-state index contributed by atoms with van der Waals surface area (Å²) in [4.78, 5) is 5.14. The van der Waals surface area contributed by atoms with E-state index in [9.17, 15) is 8.42 Å². The predicted octanol–water partition coefficient (Wildman–Crippen LogP) is 2.75. The first-order chi connectivity index (χ1) is 9.54. The predicted molar refractivity (Wildman–Crippen MR) is 81.6 cm³/mol. The molecule has 0 atom stereocenters. The lowest BCUT2D eigenvalue weighted by Crippen LogP contribution is -2.29. The van der Waals surface area contributed by atoms with Crippen molar-refractivity contribution in [3.63, 3.8) is 0 Å². The highest BCUT2D eigenvalue weighted by molar-refractivity contribution is 7.89. The maximum absolute atomic E-state index is 12.3. The second kappa shape index (κ2) is 6.67. The summed E-state index contributed by atoms with van der Waals surface area (Å²) in [7, 11) is -1.96. The van der Waals surface area contributed by atoms with Gasteiger partial charge >= 0.3 is 0 Å². The van der Waals surface area contributed by atoms with Crippen molar-refractivity contribution in [2.24, 2.45) is 0 Å². The summed E-state index contributed by atoms with van der Waals surface area (Å²) in [6, 6.07) is 7.13. The minimum atomic E-state index is -3.53. The normalized spacial score (nSPS) is 11.9. The molecular weight excluding hydrogens is 316 g/mol. The zero-order chi connectivity index (χ0) is 14.6. The molecular formula is C13H15ClN2O2S2. The summed E-state index contributed by atoms with van der Waals surface area (Å²) in [5, 5.41) is 2.04.